The third-order valence-electron chi connectivity index (χ3n) is 2.93. The van der Waals surface area contributed by atoms with Crippen molar-refractivity contribution in [3.8, 4) is 0 Å². The lowest BCUT2D eigenvalue weighted by Crippen LogP contribution is -2.46. The molecule has 2 aliphatic heterocycles. The molecule has 0 amide bonds. The molecule has 13 heavy (non-hydrogen) atoms. The molecular weight excluding hydrogens is 168 g/mol. The van der Waals surface area contributed by atoms with Crippen LogP contribution in [0.25, 0.3) is 0 Å². The van der Waals surface area contributed by atoms with Gasteiger partial charge in [-0.1, -0.05) is 0 Å². The van der Waals surface area contributed by atoms with E-state index in [2.05, 4.69) is 0 Å². The summed E-state index contributed by atoms with van der Waals surface area (Å²) in [6, 6.07) is 0. The van der Waals surface area contributed by atoms with Gasteiger partial charge in [0, 0.05) is 32.3 Å². The fraction of sp³-hybridized carbons (Fsp3) is 0.900. The van der Waals surface area contributed by atoms with Crippen molar-refractivity contribution in [2.75, 3.05) is 13.2 Å². The van der Waals surface area contributed by atoms with E-state index < -0.39 is 0 Å². The fourth-order valence-corrected chi connectivity index (χ4v) is 2.30. The van der Waals surface area contributed by atoms with Crippen LogP contribution in [0.3, 0.4) is 0 Å². The summed E-state index contributed by atoms with van der Waals surface area (Å²) in [5.41, 5.74) is -0.174. The van der Waals surface area contributed by atoms with Crippen molar-refractivity contribution in [3.63, 3.8) is 0 Å². The second kappa shape index (κ2) is 3.39. The molecule has 2 atom stereocenters. The van der Waals surface area contributed by atoms with E-state index in [0.717, 1.165) is 19.4 Å². The Morgan fingerprint density at radius 2 is 2.31 bits per heavy atom. The van der Waals surface area contributed by atoms with Crippen LogP contribution in [0.1, 0.15) is 32.6 Å². The Labute approximate surface area is 78.4 Å². The molecule has 0 radical (unpaired) electrons. The summed E-state index contributed by atoms with van der Waals surface area (Å²) in [5.74, 6) is 0.348. The summed E-state index contributed by atoms with van der Waals surface area (Å²) < 4.78 is 11.2. The van der Waals surface area contributed by atoms with E-state index >= 15 is 0 Å². The molecule has 0 saturated carbocycles. The number of ketones is 1. The van der Waals surface area contributed by atoms with Crippen LogP contribution in [-0.2, 0) is 14.3 Å². The van der Waals surface area contributed by atoms with Gasteiger partial charge in [0.25, 0.3) is 0 Å². The van der Waals surface area contributed by atoms with E-state index in [1.165, 1.54) is 0 Å². The van der Waals surface area contributed by atoms with Gasteiger partial charge in [-0.25, -0.2) is 0 Å². The molecule has 2 saturated heterocycles. The summed E-state index contributed by atoms with van der Waals surface area (Å²) in [6.45, 7) is 3.38. The molecule has 74 valence electrons. The number of hydrogen-bond donors (Lipinski definition) is 0. The van der Waals surface area contributed by atoms with Crippen LogP contribution in [0.4, 0.5) is 0 Å². The lowest BCUT2D eigenvalue weighted by atomic mass is 9.83. The average Bonchev–Trinajstić information content (AvgIpc) is 2.02. The first-order valence-corrected chi connectivity index (χ1v) is 4.97. The van der Waals surface area contributed by atoms with Crippen molar-refractivity contribution in [2.24, 2.45) is 0 Å². The van der Waals surface area contributed by atoms with Crippen LogP contribution in [0.15, 0.2) is 0 Å². The fourth-order valence-electron chi connectivity index (χ4n) is 2.30. The first-order valence-electron chi connectivity index (χ1n) is 4.97. The summed E-state index contributed by atoms with van der Waals surface area (Å²) in [6.07, 6.45) is 3.18. The molecule has 0 aromatic rings. The number of rotatable bonds is 0. The van der Waals surface area contributed by atoms with Gasteiger partial charge in [0.15, 0.2) is 0 Å². The molecule has 2 heterocycles. The Morgan fingerprint density at radius 3 is 3.00 bits per heavy atom. The largest absolute Gasteiger partial charge is 0.378 e. The van der Waals surface area contributed by atoms with Gasteiger partial charge in [0.1, 0.15) is 5.78 Å². The van der Waals surface area contributed by atoms with Gasteiger partial charge in [-0.15, -0.1) is 0 Å². The van der Waals surface area contributed by atoms with Crippen molar-refractivity contribution in [1.82, 2.24) is 0 Å². The molecule has 2 aliphatic rings. The smallest absolute Gasteiger partial charge is 0.138 e. The third-order valence-corrected chi connectivity index (χ3v) is 2.93. The molecule has 1 spiro atoms. The minimum Gasteiger partial charge on any atom is -0.378 e. The molecule has 0 aromatic heterocycles. The molecule has 3 heteroatoms. The monoisotopic (exact) mass is 184 g/mol. The predicted molar refractivity (Wildman–Crippen MR) is 47.6 cm³/mol. The maximum absolute atomic E-state index is 11.3. The maximum Gasteiger partial charge on any atom is 0.138 e. The highest BCUT2D eigenvalue weighted by molar-refractivity contribution is 5.80. The Bertz CT molecular complexity index is 210. The van der Waals surface area contributed by atoms with Gasteiger partial charge in [-0.2, -0.15) is 0 Å². The van der Waals surface area contributed by atoms with Crippen molar-refractivity contribution in [1.29, 1.82) is 0 Å². The lowest BCUT2D eigenvalue weighted by Gasteiger charge is -2.41. The van der Waals surface area contributed by atoms with E-state index in [1.54, 1.807) is 0 Å². The molecule has 0 aliphatic carbocycles. The zero-order chi connectivity index (χ0) is 9.31. The topological polar surface area (TPSA) is 35.5 Å². The van der Waals surface area contributed by atoms with E-state index in [9.17, 15) is 4.79 Å². The van der Waals surface area contributed by atoms with Crippen LogP contribution in [-0.4, -0.2) is 30.7 Å². The van der Waals surface area contributed by atoms with Gasteiger partial charge in [0.05, 0.1) is 18.3 Å². The number of ether oxygens (including phenoxy) is 2. The second-order valence-corrected chi connectivity index (χ2v) is 4.13. The summed E-state index contributed by atoms with van der Waals surface area (Å²) in [5, 5.41) is 0. The van der Waals surface area contributed by atoms with Gasteiger partial charge in [-0.05, 0) is 6.92 Å². The van der Waals surface area contributed by atoms with E-state index in [1.807, 2.05) is 6.92 Å². The summed E-state index contributed by atoms with van der Waals surface area (Å²) in [4.78, 5) is 11.3. The zero-order valence-electron chi connectivity index (χ0n) is 8.04. The molecule has 2 rings (SSSR count). The quantitative estimate of drug-likeness (QED) is 0.569. The van der Waals surface area contributed by atoms with Crippen molar-refractivity contribution in [2.45, 2.75) is 44.3 Å². The number of hydrogen-bond acceptors (Lipinski definition) is 3. The minimum atomic E-state index is -0.174. The summed E-state index contributed by atoms with van der Waals surface area (Å²) >= 11 is 0. The highest BCUT2D eigenvalue weighted by Crippen LogP contribution is 2.34. The zero-order valence-corrected chi connectivity index (χ0v) is 8.04. The van der Waals surface area contributed by atoms with E-state index in [0.29, 0.717) is 25.2 Å². The van der Waals surface area contributed by atoms with Crippen LogP contribution < -0.4 is 0 Å². The number of carbonyl (C=O) groups excluding carboxylic acids is 1. The first kappa shape index (κ1) is 9.16. The highest BCUT2D eigenvalue weighted by atomic mass is 16.5. The first-order chi connectivity index (χ1) is 6.20. The van der Waals surface area contributed by atoms with Gasteiger partial charge >= 0.3 is 0 Å². The Kier molecular flexibility index (Phi) is 2.39. The highest BCUT2D eigenvalue weighted by Gasteiger charge is 2.40. The maximum atomic E-state index is 11.3. The third kappa shape index (κ3) is 1.92. The SMILES string of the molecule is CC1CC2(CCO1)CC(=O)CCO2. The van der Waals surface area contributed by atoms with Crippen LogP contribution in [0, 0.1) is 0 Å². The molecule has 2 unspecified atom stereocenters. The Balaban J connectivity index is 2.04. The molecule has 0 aromatic carbocycles. The van der Waals surface area contributed by atoms with Crippen LogP contribution >= 0.6 is 0 Å². The predicted octanol–water partition coefficient (Wildman–Crippen LogP) is 1.30. The molecular formula is C10H16O3. The molecule has 0 bridgehead atoms. The van der Waals surface area contributed by atoms with E-state index in [-0.39, 0.29) is 11.7 Å². The molecule has 0 N–H and O–H groups in total. The number of carbonyl (C=O) groups is 1. The minimum absolute atomic E-state index is 0.174. The lowest BCUT2D eigenvalue weighted by molar-refractivity contribution is -0.164. The normalized spacial score (nSPS) is 41.0. The van der Waals surface area contributed by atoms with Crippen LogP contribution in [0.2, 0.25) is 0 Å². The van der Waals surface area contributed by atoms with Gasteiger partial charge in [0.2, 0.25) is 0 Å². The molecule has 3 nitrogen and oxygen atoms in total. The van der Waals surface area contributed by atoms with Crippen molar-refractivity contribution >= 4 is 5.78 Å². The summed E-state index contributed by atoms with van der Waals surface area (Å²) in [7, 11) is 0. The van der Waals surface area contributed by atoms with E-state index in [4.69, 9.17) is 9.47 Å². The Morgan fingerprint density at radius 1 is 1.46 bits per heavy atom. The van der Waals surface area contributed by atoms with Crippen molar-refractivity contribution in [3.05, 3.63) is 0 Å². The molecule has 2 fully saturated rings. The number of Topliss-reactive ketones (excluding diaryl/α,β-unsaturated/α-hetero) is 1. The van der Waals surface area contributed by atoms with Crippen LogP contribution in [0.5, 0.6) is 0 Å². The average molecular weight is 184 g/mol. The second-order valence-electron chi connectivity index (χ2n) is 4.13. The van der Waals surface area contributed by atoms with Gasteiger partial charge < -0.3 is 9.47 Å². The Hall–Kier alpha value is -0.410. The standard InChI is InChI=1S/C10H16O3/c1-8-6-10(3-5-12-8)7-9(11)2-4-13-10/h8H,2-7H2,1H3. The van der Waals surface area contributed by atoms with Gasteiger partial charge in [-0.3, -0.25) is 4.79 Å². The van der Waals surface area contributed by atoms with Crippen molar-refractivity contribution < 1.29 is 14.3 Å².